The lowest BCUT2D eigenvalue weighted by atomic mass is 10.1. The van der Waals surface area contributed by atoms with Gasteiger partial charge in [-0.3, -0.25) is 9.20 Å². The van der Waals surface area contributed by atoms with Crippen LogP contribution in [0.2, 0.25) is 0 Å². The van der Waals surface area contributed by atoms with E-state index in [1.807, 2.05) is 4.90 Å². The fourth-order valence-electron chi connectivity index (χ4n) is 3.74. The molecule has 0 aromatic carbocycles. The van der Waals surface area contributed by atoms with Gasteiger partial charge in [0.2, 0.25) is 15.0 Å². The molecule has 24 heavy (non-hydrogen) atoms. The van der Waals surface area contributed by atoms with Gasteiger partial charge >= 0.3 is 0 Å². The van der Waals surface area contributed by atoms with Crippen LogP contribution < -0.4 is 0 Å². The van der Waals surface area contributed by atoms with E-state index in [1.165, 1.54) is 4.40 Å². The number of ether oxygens (including phenoxy) is 1. The van der Waals surface area contributed by atoms with Crippen molar-refractivity contribution in [3.8, 4) is 0 Å². The Kier molecular flexibility index (Phi) is 3.61. The van der Waals surface area contributed by atoms with E-state index in [0.717, 1.165) is 25.5 Å². The zero-order valence-corrected chi connectivity index (χ0v) is 14.2. The van der Waals surface area contributed by atoms with Crippen LogP contribution in [0.25, 0.3) is 5.52 Å². The Hall–Kier alpha value is -1.93. The Bertz CT molecular complexity index is 905. The number of carbonyl (C=O) groups excluding carboxylic acids is 1. The third-order valence-electron chi connectivity index (χ3n) is 4.79. The largest absolute Gasteiger partial charge is 0.374 e. The molecule has 128 valence electrons. The molecule has 1 saturated heterocycles. The smallest absolute Gasteiger partial charge is 0.275 e. The zero-order valence-electron chi connectivity index (χ0n) is 13.4. The fraction of sp³-hybridized carbons (Fsp3) is 0.500. The number of morpholine rings is 1. The second-order valence-corrected chi connectivity index (χ2v) is 8.29. The molecule has 1 amide bonds. The van der Waals surface area contributed by atoms with Crippen LogP contribution in [0.4, 0.5) is 0 Å². The second kappa shape index (κ2) is 5.56. The Morgan fingerprint density at radius 2 is 2.17 bits per heavy atom. The van der Waals surface area contributed by atoms with Gasteiger partial charge in [0, 0.05) is 19.0 Å². The molecular formula is C16H19N3O4S. The summed E-state index contributed by atoms with van der Waals surface area (Å²) in [7, 11) is -3.53. The number of imidazole rings is 1. The first-order chi connectivity index (χ1) is 11.5. The lowest BCUT2D eigenvalue weighted by molar-refractivity contribution is -0.0446. The minimum absolute atomic E-state index is 0.0633. The number of aromatic nitrogens is 2. The van der Waals surface area contributed by atoms with E-state index >= 15 is 0 Å². The highest BCUT2D eigenvalue weighted by molar-refractivity contribution is 7.90. The highest BCUT2D eigenvalue weighted by Gasteiger charge is 2.40. The Morgan fingerprint density at radius 3 is 2.96 bits per heavy atom. The van der Waals surface area contributed by atoms with Gasteiger partial charge in [-0.25, -0.2) is 13.4 Å². The minimum Gasteiger partial charge on any atom is -0.374 e. The summed E-state index contributed by atoms with van der Waals surface area (Å²) in [5, 5.41) is -0.0994. The third kappa shape index (κ3) is 2.41. The van der Waals surface area contributed by atoms with Crippen LogP contribution in [0, 0.1) is 0 Å². The standard InChI is InChI=1S/C16H19N3O4S/c1-24(21,22)16-17-14(12-5-2-3-8-19(12)16)15(20)18-9-10-23-13-7-4-6-11(13)18/h2-3,5,8,11,13H,4,6-7,9-10H2,1H3/t11-,13-/m1/s1. The van der Waals surface area contributed by atoms with Crippen LogP contribution in [-0.4, -0.2) is 60.2 Å². The first kappa shape index (κ1) is 15.6. The van der Waals surface area contributed by atoms with E-state index in [4.69, 9.17) is 4.74 Å². The third-order valence-corrected chi connectivity index (χ3v) is 5.74. The van der Waals surface area contributed by atoms with Crippen LogP contribution in [0.1, 0.15) is 29.8 Å². The molecule has 8 heteroatoms. The molecule has 3 heterocycles. The van der Waals surface area contributed by atoms with Gasteiger partial charge in [0.1, 0.15) is 0 Å². The quantitative estimate of drug-likeness (QED) is 0.812. The van der Waals surface area contributed by atoms with Crippen molar-refractivity contribution in [2.45, 2.75) is 36.6 Å². The predicted octanol–water partition coefficient (Wildman–Crippen LogP) is 1.13. The maximum atomic E-state index is 13.1. The van der Waals surface area contributed by atoms with Crippen molar-refractivity contribution >= 4 is 21.3 Å². The van der Waals surface area contributed by atoms with E-state index in [0.29, 0.717) is 18.7 Å². The number of hydrogen-bond acceptors (Lipinski definition) is 5. The van der Waals surface area contributed by atoms with E-state index in [1.54, 1.807) is 24.4 Å². The lowest BCUT2D eigenvalue weighted by Gasteiger charge is -2.37. The van der Waals surface area contributed by atoms with E-state index in [-0.39, 0.29) is 28.9 Å². The average Bonchev–Trinajstić information content (AvgIpc) is 3.17. The molecule has 0 bridgehead atoms. The molecule has 1 aliphatic carbocycles. The monoisotopic (exact) mass is 349 g/mol. The summed E-state index contributed by atoms with van der Waals surface area (Å²) in [4.78, 5) is 19.1. The number of pyridine rings is 1. The van der Waals surface area contributed by atoms with Gasteiger partial charge in [0.05, 0.1) is 24.3 Å². The highest BCUT2D eigenvalue weighted by Crippen LogP contribution is 2.31. The molecule has 1 saturated carbocycles. The summed E-state index contributed by atoms with van der Waals surface area (Å²) in [6, 6.07) is 5.28. The molecule has 2 atom stereocenters. The van der Waals surface area contributed by atoms with Crippen LogP contribution >= 0.6 is 0 Å². The van der Waals surface area contributed by atoms with Crippen molar-refractivity contribution in [1.82, 2.24) is 14.3 Å². The molecule has 2 fully saturated rings. The molecule has 0 unspecified atom stereocenters. The summed E-state index contributed by atoms with van der Waals surface area (Å²) in [6.45, 7) is 1.03. The number of fused-ring (bicyclic) bond motifs is 2. The Morgan fingerprint density at radius 1 is 1.33 bits per heavy atom. The molecule has 1 aliphatic heterocycles. The topological polar surface area (TPSA) is 81.0 Å². The van der Waals surface area contributed by atoms with Crippen LogP contribution in [-0.2, 0) is 14.6 Å². The number of nitrogens with zero attached hydrogens (tertiary/aromatic N) is 3. The molecule has 7 nitrogen and oxygen atoms in total. The summed E-state index contributed by atoms with van der Waals surface area (Å²) in [5.41, 5.74) is 0.715. The SMILES string of the molecule is CS(=O)(=O)c1nc(C(=O)N2CCO[C@@H]3CCC[C@H]32)c2ccccn12. The Labute approximate surface area is 140 Å². The van der Waals surface area contributed by atoms with Gasteiger partial charge in [-0.15, -0.1) is 0 Å². The van der Waals surface area contributed by atoms with Crippen LogP contribution in [0.5, 0.6) is 0 Å². The number of carbonyl (C=O) groups is 1. The number of hydrogen-bond donors (Lipinski definition) is 0. The minimum atomic E-state index is -3.53. The highest BCUT2D eigenvalue weighted by atomic mass is 32.2. The van der Waals surface area contributed by atoms with Gasteiger partial charge in [0.15, 0.2) is 5.69 Å². The van der Waals surface area contributed by atoms with Gasteiger partial charge < -0.3 is 9.64 Å². The van der Waals surface area contributed by atoms with Gasteiger partial charge in [-0.1, -0.05) is 6.07 Å². The molecule has 2 aromatic rings. The van der Waals surface area contributed by atoms with Crippen molar-refractivity contribution < 1.29 is 17.9 Å². The first-order valence-electron chi connectivity index (χ1n) is 8.06. The number of rotatable bonds is 2. The molecular weight excluding hydrogens is 330 g/mol. The Balaban J connectivity index is 1.80. The zero-order chi connectivity index (χ0) is 16.9. The van der Waals surface area contributed by atoms with Crippen molar-refractivity contribution in [1.29, 1.82) is 0 Å². The summed E-state index contributed by atoms with van der Waals surface area (Å²) in [6.07, 6.45) is 5.73. The van der Waals surface area contributed by atoms with E-state index < -0.39 is 9.84 Å². The van der Waals surface area contributed by atoms with Crippen LogP contribution in [0.3, 0.4) is 0 Å². The van der Waals surface area contributed by atoms with Crippen molar-refractivity contribution in [2.24, 2.45) is 0 Å². The maximum absolute atomic E-state index is 13.1. The molecule has 4 rings (SSSR count). The van der Waals surface area contributed by atoms with Gasteiger partial charge in [-0.05, 0) is 31.4 Å². The average molecular weight is 349 g/mol. The maximum Gasteiger partial charge on any atom is 0.275 e. The normalized spacial score (nSPS) is 24.3. The number of amides is 1. The summed E-state index contributed by atoms with van der Waals surface area (Å²) in [5.74, 6) is -0.214. The molecule has 2 aliphatic rings. The van der Waals surface area contributed by atoms with Crippen molar-refractivity contribution in [3.63, 3.8) is 0 Å². The molecule has 0 N–H and O–H groups in total. The van der Waals surface area contributed by atoms with E-state index in [2.05, 4.69) is 4.98 Å². The molecule has 0 spiro atoms. The predicted molar refractivity (Wildman–Crippen MR) is 86.7 cm³/mol. The molecule has 2 aromatic heterocycles. The second-order valence-electron chi connectivity index (χ2n) is 6.38. The van der Waals surface area contributed by atoms with Gasteiger partial charge in [-0.2, -0.15) is 0 Å². The summed E-state index contributed by atoms with van der Waals surface area (Å²) >= 11 is 0. The first-order valence-corrected chi connectivity index (χ1v) is 9.95. The molecule has 0 radical (unpaired) electrons. The fourth-order valence-corrected chi connectivity index (χ4v) is 4.52. The summed E-state index contributed by atoms with van der Waals surface area (Å²) < 4.78 is 31.2. The van der Waals surface area contributed by atoms with Crippen LogP contribution in [0.15, 0.2) is 29.6 Å². The van der Waals surface area contributed by atoms with E-state index in [9.17, 15) is 13.2 Å². The van der Waals surface area contributed by atoms with Crippen molar-refractivity contribution in [2.75, 3.05) is 19.4 Å². The van der Waals surface area contributed by atoms with Crippen molar-refractivity contribution in [3.05, 3.63) is 30.1 Å². The number of sulfone groups is 1. The van der Waals surface area contributed by atoms with Gasteiger partial charge in [0.25, 0.3) is 5.91 Å². The lowest BCUT2D eigenvalue weighted by Crippen LogP contribution is -2.51.